The summed E-state index contributed by atoms with van der Waals surface area (Å²) >= 11 is 0. The van der Waals surface area contributed by atoms with Gasteiger partial charge in [-0.05, 0) is 19.1 Å². The van der Waals surface area contributed by atoms with Crippen LogP contribution in [0, 0.1) is 0 Å². The normalized spacial score (nSPS) is 17.1. The van der Waals surface area contributed by atoms with Crippen LogP contribution in [0.4, 0.5) is 0 Å². The van der Waals surface area contributed by atoms with Gasteiger partial charge >= 0.3 is 11.9 Å². The second kappa shape index (κ2) is 7.54. The van der Waals surface area contributed by atoms with Crippen LogP contribution in [0.25, 0.3) is 10.9 Å². The molecule has 2 heterocycles. The second-order valence-corrected chi connectivity index (χ2v) is 7.24. The lowest BCUT2D eigenvalue weighted by Crippen LogP contribution is -2.49. The van der Waals surface area contributed by atoms with Crippen molar-refractivity contribution in [1.29, 1.82) is 0 Å². The zero-order chi connectivity index (χ0) is 19.7. The van der Waals surface area contributed by atoms with Gasteiger partial charge < -0.3 is 14.8 Å². The summed E-state index contributed by atoms with van der Waals surface area (Å²) in [4.78, 5) is 27.6. The van der Waals surface area contributed by atoms with Gasteiger partial charge in [0.25, 0.3) is 0 Å². The van der Waals surface area contributed by atoms with E-state index in [1.807, 2.05) is 11.8 Å². The number of nitrogens with zero attached hydrogens (tertiary/aromatic N) is 3. The van der Waals surface area contributed by atoms with E-state index in [9.17, 15) is 19.8 Å². The molecule has 3 rings (SSSR count). The van der Waals surface area contributed by atoms with Crippen molar-refractivity contribution in [3.8, 4) is 0 Å². The summed E-state index contributed by atoms with van der Waals surface area (Å²) in [6.45, 7) is 9.68. The molecule has 1 aliphatic heterocycles. The summed E-state index contributed by atoms with van der Waals surface area (Å²) in [5.74, 6) is -1.89. The molecule has 1 aliphatic rings. The first-order chi connectivity index (χ1) is 12.8. The molecule has 7 nitrogen and oxygen atoms in total. The van der Waals surface area contributed by atoms with E-state index in [2.05, 4.69) is 11.5 Å². The first-order valence-electron chi connectivity index (χ1n) is 8.93. The third-order valence-electron chi connectivity index (χ3n) is 5.06. The predicted molar refractivity (Wildman–Crippen MR) is 103 cm³/mol. The maximum atomic E-state index is 12.1. The van der Waals surface area contributed by atoms with E-state index in [0.717, 1.165) is 36.1 Å². The standard InChI is InChI=1S/C20H25N3O4/c1-13(2)11-22-6-8-23(9-7-22)18(20(26)27)16-12-21(3)17-10-14(19(24)25)4-5-15(16)17/h4-5,10,12,18H,1,6-9,11H2,2-3H3,(H,24,25)(H,26,27). The van der Waals surface area contributed by atoms with Gasteiger partial charge in [-0.2, -0.15) is 0 Å². The predicted octanol–water partition coefficient (Wildman–Crippen LogP) is 2.20. The van der Waals surface area contributed by atoms with Gasteiger partial charge in [0.15, 0.2) is 0 Å². The topological polar surface area (TPSA) is 86.0 Å². The molecule has 0 aliphatic carbocycles. The van der Waals surface area contributed by atoms with Gasteiger partial charge in [0, 0.05) is 62.4 Å². The average molecular weight is 371 g/mol. The summed E-state index contributed by atoms with van der Waals surface area (Å²) < 4.78 is 1.80. The molecule has 1 fully saturated rings. The molecule has 0 saturated carbocycles. The van der Waals surface area contributed by atoms with Gasteiger partial charge in [0.05, 0.1) is 5.56 Å². The molecule has 1 atom stereocenters. The summed E-state index contributed by atoms with van der Waals surface area (Å²) in [5.41, 5.74) is 2.71. The number of aryl methyl sites for hydroxylation is 1. The third-order valence-corrected chi connectivity index (χ3v) is 5.06. The van der Waals surface area contributed by atoms with Gasteiger partial charge in [-0.3, -0.25) is 14.6 Å². The lowest BCUT2D eigenvalue weighted by molar-refractivity contribution is -0.144. The highest BCUT2D eigenvalue weighted by atomic mass is 16.4. The number of hydrogen-bond donors (Lipinski definition) is 2. The number of fused-ring (bicyclic) bond motifs is 1. The maximum Gasteiger partial charge on any atom is 0.335 e. The molecular weight excluding hydrogens is 346 g/mol. The fourth-order valence-electron chi connectivity index (χ4n) is 3.81. The summed E-state index contributed by atoms with van der Waals surface area (Å²) in [5, 5.41) is 19.9. The van der Waals surface area contributed by atoms with Crippen LogP contribution >= 0.6 is 0 Å². The number of aromatic carboxylic acids is 1. The van der Waals surface area contributed by atoms with Crippen molar-refractivity contribution in [2.24, 2.45) is 7.05 Å². The number of carbonyl (C=O) groups is 2. The highest BCUT2D eigenvalue weighted by molar-refractivity contribution is 5.96. The Hall–Kier alpha value is -2.64. The van der Waals surface area contributed by atoms with Crippen molar-refractivity contribution in [2.75, 3.05) is 32.7 Å². The van der Waals surface area contributed by atoms with Crippen LogP contribution in [0.5, 0.6) is 0 Å². The Morgan fingerprint density at radius 3 is 2.41 bits per heavy atom. The quantitative estimate of drug-likeness (QED) is 0.757. The Morgan fingerprint density at radius 2 is 1.85 bits per heavy atom. The summed E-state index contributed by atoms with van der Waals surface area (Å²) in [7, 11) is 1.81. The monoisotopic (exact) mass is 371 g/mol. The minimum atomic E-state index is -0.997. The molecule has 1 unspecified atom stereocenters. The van der Waals surface area contributed by atoms with E-state index in [-0.39, 0.29) is 5.56 Å². The van der Waals surface area contributed by atoms with Gasteiger partial charge in [0.2, 0.25) is 0 Å². The van der Waals surface area contributed by atoms with Crippen molar-refractivity contribution in [2.45, 2.75) is 13.0 Å². The number of aliphatic carboxylic acids is 1. The van der Waals surface area contributed by atoms with E-state index in [0.29, 0.717) is 18.7 Å². The Kier molecular flexibility index (Phi) is 5.34. The molecule has 2 N–H and O–H groups in total. The number of benzene rings is 1. The summed E-state index contributed by atoms with van der Waals surface area (Å²) in [6, 6.07) is 4.07. The Morgan fingerprint density at radius 1 is 1.19 bits per heavy atom. The Labute approximate surface area is 158 Å². The molecule has 0 spiro atoms. The van der Waals surface area contributed by atoms with Crippen molar-refractivity contribution in [1.82, 2.24) is 14.4 Å². The fraction of sp³-hybridized carbons (Fsp3) is 0.400. The van der Waals surface area contributed by atoms with Crippen LogP contribution in [-0.4, -0.2) is 69.2 Å². The molecule has 1 aromatic heterocycles. The second-order valence-electron chi connectivity index (χ2n) is 7.24. The van der Waals surface area contributed by atoms with Crippen LogP contribution in [-0.2, 0) is 11.8 Å². The van der Waals surface area contributed by atoms with Crippen molar-refractivity contribution in [3.63, 3.8) is 0 Å². The number of piperazine rings is 1. The third kappa shape index (κ3) is 3.89. The Bertz CT molecular complexity index is 894. The van der Waals surface area contributed by atoms with E-state index < -0.39 is 18.0 Å². The van der Waals surface area contributed by atoms with Crippen LogP contribution < -0.4 is 0 Å². The average Bonchev–Trinajstić information content (AvgIpc) is 2.92. The largest absolute Gasteiger partial charge is 0.480 e. The van der Waals surface area contributed by atoms with E-state index in [1.165, 1.54) is 6.07 Å². The zero-order valence-electron chi connectivity index (χ0n) is 15.7. The molecular formula is C20H25N3O4. The number of rotatable bonds is 6. The smallest absolute Gasteiger partial charge is 0.335 e. The van der Waals surface area contributed by atoms with Gasteiger partial charge in [-0.15, -0.1) is 0 Å². The molecule has 1 aromatic carbocycles. The van der Waals surface area contributed by atoms with Crippen LogP contribution in [0.2, 0.25) is 0 Å². The molecule has 0 radical (unpaired) electrons. The van der Waals surface area contributed by atoms with Crippen LogP contribution in [0.3, 0.4) is 0 Å². The molecule has 0 bridgehead atoms. The van der Waals surface area contributed by atoms with Gasteiger partial charge in [-0.25, -0.2) is 4.79 Å². The fourth-order valence-corrected chi connectivity index (χ4v) is 3.81. The molecule has 7 heteroatoms. The SMILES string of the molecule is C=C(C)CN1CCN(C(C(=O)O)c2cn(C)c3cc(C(=O)O)ccc23)CC1. The number of carboxylic acid groups (broad SMARTS) is 2. The number of carboxylic acids is 2. The minimum Gasteiger partial charge on any atom is -0.480 e. The summed E-state index contributed by atoms with van der Waals surface area (Å²) in [6.07, 6.45) is 1.80. The first-order valence-corrected chi connectivity index (χ1v) is 8.93. The molecule has 0 amide bonds. The highest BCUT2D eigenvalue weighted by Gasteiger charge is 2.32. The molecule has 144 valence electrons. The number of aromatic nitrogens is 1. The lowest BCUT2D eigenvalue weighted by atomic mass is 10.0. The maximum absolute atomic E-state index is 12.1. The van der Waals surface area contributed by atoms with Gasteiger partial charge in [0.1, 0.15) is 6.04 Å². The van der Waals surface area contributed by atoms with E-state index >= 15 is 0 Å². The van der Waals surface area contributed by atoms with Crippen LogP contribution in [0.1, 0.15) is 28.9 Å². The molecule has 27 heavy (non-hydrogen) atoms. The van der Waals surface area contributed by atoms with Crippen LogP contribution in [0.15, 0.2) is 36.5 Å². The van der Waals surface area contributed by atoms with Crippen molar-refractivity contribution < 1.29 is 19.8 Å². The van der Waals surface area contributed by atoms with Crippen molar-refractivity contribution >= 4 is 22.8 Å². The minimum absolute atomic E-state index is 0.190. The van der Waals surface area contributed by atoms with E-state index in [4.69, 9.17) is 0 Å². The zero-order valence-corrected chi connectivity index (χ0v) is 15.7. The number of hydrogen-bond acceptors (Lipinski definition) is 4. The molecule has 1 saturated heterocycles. The van der Waals surface area contributed by atoms with Gasteiger partial charge in [-0.1, -0.05) is 18.2 Å². The molecule has 2 aromatic rings. The Balaban J connectivity index is 1.91. The highest BCUT2D eigenvalue weighted by Crippen LogP contribution is 2.31. The first kappa shape index (κ1) is 19.1. The lowest BCUT2D eigenvalue weighted by Gasteiger charge is -2.37. The van der Waals surface area contributed by atoms with E-state index in [1.54, 1.807) is 29.9 Å². The van der Waals surface area contributed by atoms with Crippen molar-refractivity contribution in [3.05, 3.63) is 47.7 Å².